The number of carbonyl (C=O) groups is 1. The van der Waals surface area contributed by atoms with Crippen LogP contribution in [0.5, 0.6) is 0 Å². The van der Waals surface area contributed by atoms with E-state index in [1.807, 2.05) is 0 Å². The number of benzene rings is 1. The van der Waals surface area contributed by atoms with Crippen molar-refractivity contribution in [1.29, 1.82) is 0 Å². The fourth-order valence-corrected chi connectivity index (χ4v) is 0.961. The van der Waals surface area contributed by atoms with Gasteiger partial charge in [-0.05, 0) is 12.1 Å². The molecule has 0 saturated heterocycles. The lowest BCUT2D eigenvalue weighted by atomic mass is 10.1. The molecule has 0 aliphatic rings. The monoisotopic (exact) mass is 187 g/mol. The molecule has 0 heterocycles. The molecule has 0 amide bonds. The van der Waals surface area contributed by atoms with E-state index in [1.165, 1.54) is 0 Å². The Balaban J connectivity index is 3.12. The number of rotatable bonds is 2. The van der Waals surface area contributed by atoms with E-state index in [9.17, 15) is 13.6 Å². The van der Waals surface area contributed by atoms with Crippen LogP contribution in [0.3, 0.4) is 0 Å². The molecule has 0 aliphatic carbocycles. The van der Waals surface area contributed by atoms with Crippen LogP contribution in [0, 0.1) is 11.6 Å². The maximum absolute atomic E-state index is 12.8. The molecule has 0 atom stereocenters. The maximum Gasteiger partial charge on any atom is 0.307 e. The van der Waals surface area contributed by atoms with E-state index in [1.54, 1.807) is 0 Å². The Morgan fingerprint density at radius 1 is 1.46 bits per heavy atom. The SMILES string of the molecule is Nc1cc(F)c(F)c(CC(=O)O)c1. The molecular weight excluding hydrogens is 180 g/mol. The van der Waals surface area contributed by atoms with Crippen LogP contribution in [0.25, 0.3) is 0 Å². The number of hydrogen-bond donors (Lipinski definition) is 2. The molecule has 0 aromatic heterocycles. The third-order valence-electron chi connectivity index (χ3n) is 1.47. The van der Waals surface area contributed by atoms with Crippen molar-refractivity contribution in [2.24, 2.45) is 0 Å². The van der Waals surface area contributed by atoms with Crippen LogP contribution in [-0.2, 0) is 11.2 Å². The summed E-state index contributed by atoms with van der Waals surface area (Å²) in [5.74, 6) is -3.52. The van der Waals surface area contributed by atoms with Gasteiger partial charge in [-0.15, -0.1) is 0 Å². The zero-order valence-electron chi connectivity index (χ0n) is 6.55. The van der Waals surface area contributed by atoms with Crippen LogP contribution in [0.15, 0.2) is 12.1 Å². The lowest BCUT2D eigenvalue weighted by Crippen LogP contribution is -2.05. The number of aliphatic carboxylic acids is 1. The van der Waals surface area contributed by atoms with Gasteiger partial charge in [0.2, 0.25) is 0 Å². The predicted octanol–water partition coefficient (Wildman–Crippen LogP) is 1.17. The van der Waals surface area contributed by atoms with Crippen molar-refractivity contribution in [1.82, 2.24) is 0 Å². The zero-order chi connectivity index (χ0) is 10.0. The van der Waals surface area contributed by atoms with Crippen molar-refractivity contribution < 1.29 is 18.7 Å². The van der Waals surface area contributed by atoms with Gasteiger partial charge in [-0.3, -0.25) is 4.79 Å². The number of nitrogens with two attached hydrogens (primary N) is 1. The van der Waals surface area contributed by atoms with Crippen LogP contribution in [-0.4, -0.2) is 11.1 Å². The highest BCUT2D eigenvalue weighted by molar-refractivity contribution is 5.70. The Morgan fingerprint density at radius 2 is 2.08 bits per heavy atom. The van der Waals surface area contributed by atoms with E-state index < -0.39 is 24.0 Å². The molecule has 0 fully saturated rings. The summed E-state index contributed by atoms with van der Waals surface area (Å²) in [7, 11) is 0. The van der Waals surface area contributed by atoms with Gasteiger partial charge in [0.25, 0.3) is 0 Å². The van der Waals surface area contributed by atoms with Gasteiger partial charge in [0, 0.05) is 11.3 Å². The molecule has 0 saturated carbocycles. The van der Waals surface area contributed by atoms with Gasteiger partial charge >= 0.3 is 5.97 Å². The zero-order valence-corrected chi connectivity index (χ0v) is 6.55. The summed E-state index contributed by atoms with van der Waals surface area (Å²) >= 11 is 0. The number of halogens is 2. The van der Waals surface area contributed by atoms with E-state index in [0.717, 1.165) is 12.1 Å². The van der Waals surface area contributed by atoms with E-state index in [-0.39, 0.29) is 11.3 Å². The molecule has 0 radical (unpaired) electrons. The Labute approximate surface area is 72.8 Å². The van der Waals surface area contributed by atoms with Crippen molar-refractivity contribution in [2.45, 2.75) is 6.42 Å². The smallest absolute Gasteiger partial charge is 0.307 e. The average Bonchev–Trinajstić information content (AvgIpc) is 1.98. The fraction of sp³-hybridized carbons (Fsp3) is 0.125. The molecule has 5 heteroatoms. The quantitative estimate of drug-likeness (QED) is 0.683. The lowest BCUT2D eigenvalue weighted by Gasteiger charge is -2.02. The Bertz CT molecular complexity index is 352. The van der Waals surface area contributed by atoms with Gasteiger partial charge in [0.15, 0.2) is 11.6 Å². The van der Waals surface area contributed by atoms with Gasteiger partial charge in [-0.25, -0.2) is 8.78 Å². The fourth-order valence-electron chi connectivity index (χ4n) is 0.961. The van der Waals surface area contributed by atoms with E-state index in [4.69, 9.17) is 10.8 Å². The van der Waals surface area contributed by atoms with Crippen molar-refractivity contribution in [3.8, 4) is 0 Å². The average molecular weight is 187 g/mol. The van der Waals surface area contributed by atoms with Crippen molar-refractivity contribution in [3.63, 3.8) is 0 Å². The van der Waals surface area contributed by atoms with Crippen LogP contribution in [0.1, 0.15) is 5.56 Å². The molecule has 3 N–H and O–H groups in total. The van der Waals surface area contributed by atoms with E-state index in [0.29, 0.717) is 0 Å². The molecule has 1 rings (SSSR count). The van der Waals surface area contributed by atoms with Crippen LogP contribution in [0.2, 0.25) is 0 Å². The summed E-state index contributed by atoms with van der Waals surface area (Å²) in [6, 6.07) is 1.91. The van der Waals surface area contributed by atoms with E-state index in [2.05, 4.69) is 0 Å². The second-order valence-corrected chi connectivity index (χ2v) is 2.55. The highest BCUT2D eigenvalue weighted by Gasteiger charge is 2.12. The summed E-state index contributed by atoms with van der Waals surface area (Å²) in [6.45, 7) is 0. The highest BCUT2D eigenvalue weighted by atomic mass is 19.2. The number of anilines is 1. The highest BCUT2D eigenvalue weighted by Crippen LogP contribution is 2.16. The number of carboxylic acids is 1. The number of hydrogen-bond acceptors (Lipinski definition) is 2. The first-order valence-corrected chi connectivity index (χ1v) is 3.46. The minimum atomic E-state index is -1.23. The molecule has 13 heavy (non-hydrogen) atoms. The molecule has 3 nitrogen and oxygen atoms in total. The van der Waals surface area contributed by atoms with Crippen molar-refractivity contribution >= 4 is 11.7 Å². The first-order chi connectivity index (χ1) is 6.00. The summed E-state index contributed by atoms with van der Waals surface area (Å²) in [6.07, 6.45) is -0.576. The minimum Gasteiger partial charge on any atom is -0.481 e. The van der Waals surface area contributed by atoms with Gasteiger partial charge in [0.05, 0.1) is 6.42 Å². The van der Waals surface area contributed by atoms with Gasteiger partial charge in [0.1, 0.15) is 0 Å². The third-order valence-corrected chi connectivity index (χ3v) is 1.47. The molecule has 70 valence electrons. The van der Waals surface area contributed by atoms with Gasteiger partial charge in [-0.1, -0.05) is 0 Å². The molecule has 0 unspecified atom stereocenters. The second kappa shape index (κ2) is 3.38. The number of carboxylic acid groups (broad SMARTS) is 1. The van der Waals surface area contributed by atoms with E-state index >= 15 is 0 Å². The molecular formula is C8H7F2NO2. The minimum absolute atomic E-state index is 0.00940. The van der Waals surface area contributed by atoms with Gasteiger partial charge < -0.3 is 10.8 Å². The van der Waals surface area contributed by atoms with Crippen molar-refractivity contribution in [2.75, 3.05) is 5.73 Å². The predicted molar refractivity (Wildman–Crippen MR) is 42.1 cm³/mol. The molecule has 0 bridgehead atoms. The molecule has 0 spiro atoms. The summed E-state index contributed by atoms with van der Waals surface area (Å²) in [5.41, 5.74) is 4.97. The first kappa shape index (κ1) is 9.44. The van der Waals surface area contributed by atoms with Crippen LogP contribution >= 0.6 is 0 Å². The van der Waals surface area contributed by atoms with Gasteiger partial charge in [-0.2, -0.15) is 0 Å². The molecule has 1 aromatic rings. The number of nitrogen functional groups attached to an aromatic ring is 1. The summed E-state index contributed by atoms with van der Waals surface area (Å²) < 4.78 is 25.5. The van der Waals surface area contributed by atoms with Crippen molar-refractivity contribution in [3.05, 3.63) is 29.3 Å². The largest absolute Gasteiger partial charge is 0.481 e. The lowest BCUT2D eigenvalue weighted by molar-refractivity contribution is -0.136. The maximum atomic E-state index is 12.8. The summed E-state index contributed by atoms with van der Waals surface area (Å²) in [5, 5.41) is 8.34. The second-order valence-electron chi connectivity index (χ2n) is 2.55. The van der Waals surface area contributed by atoms with Crippen LogP contribution in [0.4, 0.5) is 14.5 Å². The Hall–Kier alpha value is -1.65. The Morgan fingerprint density at radius 3 is 2.62 bits per heavy atom. The topological polar surface area (TPSA) is 63.3 Å². The van der Waals surface area contributed by atoms with Crippen LogP contribution < -0.4 is 5.73 Å². The third kappa shape index (κ3) is 2.14. The molecule has 0 aliphatic heterocycles. The first-order valence-electron chi connectivity index (χ1n) is 3.46. The summed E-state index contributed by atoms with van der Waals surface area (Å²) in [4.78, 5) is 10.2. The molecule has 1 aromatic carbocycles. The Kier molecular flexibility index (Phi) is 2.46. The normalized spacial score (nSPS) is 10.0. The standard InChI is InChI=1S/C8H7F2NO2/c9-6-3-5(11)1-4(8(6)10)2-7(12)13/h1,3H,2,11H2,(H,12,13).